The highest BCUT2D eigenvalue weighted by atomic mass is 15.1. The Morgan fingerprint density at radius 3 is 2.00 bits per heavy atom. The van der Waals surface area contributed by atoms with Gasteiger partial charge in [0, 0.05) is 31.2 Å². The first-order valence-electron chi connectivity index (χ1n) is 6.80. The van der Waals surface area contributed by atoms with Gasteiger partial charge in [-0.25, -0.2) is 0 Å². The molecule has 3 N–H and O–H groups in total. The predicted octanol–water partition coefficient (Wildman–Crippen LogP) is 2.59. The molecule has 0 fully saturated rings. The molecule has 0 aliphatic heterocycles. The molecule has 0 spiro atoms. The first kappa shape index (κ1) is 15.0. The molecule has 0 amide bonds. The van der Waals surface area contributed by atoms with Crippen molar-refractivity contribution in [2.45, 2.75) is 52.4 Å². The summed E-state index contributed by atoms with van der Waals surface area (Å²) in [5, 5.41) is 10.4. The lowest BCUT2D eigenvalue weighted by molar-refractivity contribution is 0.364. The summed E-state index contributed by atoms with van der Waals surface area (Å²) >= 11 is 0. The highest BCUT2D eigenvalue weighted by Crippen LogP contribution is 2.15. The van der Waals surface area contributed by atoms with E-state index in [1.54, 1.807) is 0 Å². The maximum Gasteiger partial charge on any atom is 0.0617 e. The van der Waals surface area contributed by atoms with Crippen LogP contribution in [0.15, 0.2) is 24.3 Å². The van der Waals surface area contributed by atoms with Gasteiger partial charge in [0.15, 0.2) is 0 Å². The first-order chi connectivity index (χ1) is 8.52. The van der Waals surface area contributed by atoms with E-state index in [-0.39, 0.29) is 0 Å². The highest BCUT2D eigenvalue weighted by Gasteiger charge is 2.13. The maximum atomic E-state index is 3.57. The maximum absolute atomic E-state index is 3.57. The second-order valence-electron chi connectivity index (χ2n) is 5.31. The monoisotopic (exact) mass is 249 g/mol. The van der Waals surface area contributed by atoms with Crippen LogP contribution in [-0.2, 0) is 6.42 Å². The summed E-state index contributed by atoms with van der Waals surface area (Å²) in [7, 11) is 1.97. The minimum atomic E-state index is 0.305. The fourth-order valence-electron chi connectivity index (χ4n) is 2.13. The van der Waals surface area contributed by atoms with Crippen LogP contribution in [0.3, 0.4) is 0 Å². The van der Waals surface area contributed by atoms with E-state index in [9.17, 15) is 0 Å². The molecule has 0 saturated carbocycles. The van der Waals surface area contributed by atoms with Crippen LogP contribution in [0.2, 0.25) is 0 Å². The minimum Gasteiger partial charge on any atom is -0.388 e. The van der Waals surface area contributed by atoms with Crippen LogP contribution < -0.4 is 16.0 Å². The molecule has 0 radical (unpaired) electrons. The summed E-state index contributed by atoms with van der Waals surface area (Å²) in [6, 6.07) is 9.42. The second-order valence-corrected chi connectivity index (χ2v) is 5.31. The number of rotatable bonds is 7. The van der Waals surface area contributed by atoms with Crippen LogP contribution in [0, 0.1) is 0 Å². The normalized spacial score (nSPS) is 11.6. The lowest BCUT2D eigenvalue weighted by Gasteiger charge is -2.25. The third kappa shape index (κ3) is 5.07. The zero-order valence-corrected chi connectivity index (χ0v) is 12.2. The Balaban J connectivity index is 2.74. The van der Waals surface area contributed by atoms with Gasteiger partial charge in [-0.2, -0.15) is 0 Å². The first-order valence-corrected chi connectivity index (χ1v) is 6.80. The van der Waals surface area contributed by atoms with Crippen LogP contribution in [-0.4, -0.2) is 25.3 Å². The summed E-state index contributed by atoms with van der Waals surface area (Å²) in [6.45, 7) is 8.72. The van der Waals surface area contributed by atoms with Crippen molar-refractivity contribution in [3.05, 3.63) is 29.8 Å². The fraction of sp³-hybridized carbons (Fsp3) is 0.600. The van der Waals surface area contributed by atoms with Crippen molar-refractivity contribution in [1.29, 1.82) is 0 Å². The average Bonchev–Trinajstić information content (AvgIpc) is 2.27. The lowest BCUT2D eigenvalue weighted by atomic mass is 10.1. The second kappa shape index (κ2) is 7.39. The van der Waals surface area contributed by atoms with Crippen LogP contribution in [0.1, 0.15) is 33.3 Å². The Bertz CT molecular complexity index is 337. The summed E-state index contributed by atoms with van der Waals surface area (Å²) in [5.74, 6) is 0. The minimum absolute atomic E-state index is 0.305. The number of hydrogen-bond donors (Lipinski definition) is 3. The van der Waals surface area contributed by atoms with E-state index in [1.807, 2.05) is 7.05 Å². The third-order valence-corrected chi connectivity index (χ3v) is 2.78. The number of para-hydroxylation sites is 1. The van der Waals surface area contributed by atoms with Crippen LogP contribution in [0.4, 0.5) is 5.69 Å². The smallest absolute Gasteiger partial charge is 0.0617 e. The Labute approximate surface area is 111 Å². The summed E-state index contributed by atoms with van der Waals surface area (Å²) < 4.78 is 0. The molecule has 1 aromatic carbocycles. The summed E-state index contributed by atoms with van der Waals surface area (Å²) in [4.78, 5) is 0. The van der Waals surface area contributed by atoms with Gasteiger partial charge in [-0.3, -0.25) is 10.6 Å². The van der Waals surface area contributed by atoms with Gasteiger partial charge in [-0.15, -0.1) is 0 Å². The lowest BCUT2D eigenvalue weighted by Crippen LogP contribution is -2.49. The van der Waals surface area contributed by atoms with E-state index in [2.05, 4.69) is 67.9 Å². The van der Waals surface area contributed by atoms with Crippen molar-refractivity contribution in [2.75, 3.05) is 12.4 Å². The van der Waals surface area contributed by atoms with Gasteiger partial charge in [-0.1, -0.05) is 18.2 Å². The van der Waals surface area contributed by atoms with Crippen molar-refractivity contribution in [3.8, 4) is 0 Å². The van der Waals surface area contributed by atoms with Crippen LogP contribution in [0.25, 0.3) is 0 Å². The fourth-order valence-corrected chi connectivity index (χ4v) is 2.13. The molecule has 1 aromatic rings. The molecule has 0 atom stereocenters. The zero-order valence-electron chi connectivity index (χ0n) is 12.2. The molecular formula is C15H27N3. The predicted molar refractivity (Wildman–Crippen MR) is 80.0 cm³/mol. The Morgan fingerprint density at radius 2 is 1.50 bits per heavy atom. The van der Waals surface area contributed by atoms with E-state index < -0.39 is 0 Å². The molecule has 1 rings (SSSR count). The van der Waals surface area contributed by atoms with E-state index in [4.69, 9.17) is 0 Å². The zero-order chi connectivity index (χ0) is 13.5. The van der Waals surface area contributed by atoms with Crippen molar-refractivity contribution in [2.24, 2.45) is 0 Å². The standard InChI is InChI=1S/C15H27N3/c1-11(2)17-15(18-12(3)4)10-13-8-6-7-9-14(13)16-5/h6-9,11-12,15-18H,10H2,1-5H3. The molecule has 3 nitrogen and oxygen atoms in total. The Kier molecular flexibility index (Phi) is 6.16. The third-order valence-electron chi connectivity index (χ3n) is 2.78. The van der Waals surface area contributed by atoms with Gasteiger partial charge in [-0.05, 0) is 39.3 Å². The molecule has 0 aliphatic carbocycles. The Hall–Kier alpha value is -1.06. The van der Waals surface area contributed by atoms with E-state index in [1.165, 1.54) is 11.3 Å². The SMILES string of the molecule is CNc1ccccc1CC(NC(C)C)NC(C)C. The number of hydrogen-bond acceptors (Lipinski definition) is 3. The van der Waals surface area contributed by atoms with Gasteiger partial charge in [0.25, 0.3) is 0 Å². The van der Waals surface area contributed by atoms with Crippen molar-refractivity contribution in [1.82, 2.24) is 10.6 Å². The van der Waals surface area contributed by atoms with Gasteiger partial charge in [0.05, 0.1) is 6.17 Å². The van der Waals surface area contributed by atoms with Crippen molar-refractivity contribution >= 4 is 5.69 Å². The molecule has 0 unspecified atom stereocenters. The summed E-state index contributed by atoms with van der Waals surface area (Å²) in [6.07, 6.45) is 1.28. The van der Waals surface area contributed by atoms with Crippen molar-refractivity contribution in [3.63, 3.8) is 0 Å². The molecule has 0 heterocycles. The highest BCUT2D eigenvalue weighted by molar-refractivity contribution is 5.50. The van der Waals surface area contributed by atoms with Gasteiger partial charge in [0.2, 0.25) is 0 Å². The van der Waals surface area contributed by atoms with Gasteiger partial charge >= 0.3 is 0 Å². The van der Waals surface area contributed by atoms with E-state index >= 15 is 0 Å². The molecular weight excluding hydrogens is 222 g/mol. The van der Waals surface area contributed by atoms with E-state index in [0.717, 1.165) is 6.42 Å². The van der Waals surface area contributed by atoms with Gasteiger partial charge in [0.1, 0.15) is 0 Å². The molecule has 102 valence electrons. The van der Waals surface area contributed by atoms with Gasteiger partial charge < -0.3 is 5.32 Å². The largest absolute Gasteiger partial charge is 0.388 e. The Morgan fingerprint density at radius 1 is 0.944 bits per heavy atom. The van der Waals surface area contributed by atoms with Crippen LogP contribution in [0.5, 0.6) is 0 Å². The topological polar surface area (TPSA) is 36.1 Å². The molecule has 3 heteroatoms. The molecule has 0 aromatic heterocycles. The average molecular weight is 249 g/mol. The molecule has 0 saturated heterocycles. The molecule has 0 bridgehead atoms. The van der Waals surface area contributed by atoms with Crippen molar-refractivity contribution < 1.29 is 0 Å². The quantitative estimate of drug-likeness (QED) is 0.650. The van der Waals surface area contributed by atoms with E-state index in [0.29, 0.717) is 18.2 Å². The number of benzene rings is 1. The molecule has 18 heavy (non-hydrogen) atoms. The molecule has 0 aliphatic rings. The number of nitrogens with one attached hydrogen (secondary N) is 3. The van der Waals surface area contributed by atoms with Crippen LogP contribution >= 0.6 is 0 Å². The summed E-state index contributed by atoms with van der Waals surface area (Å²) in [5.41, 5.74) is 2.55. The number of anilines is 1.